The molecule has 0 aliphatic heterocycles. The Morgan fingerprint density at radius 2 is 2.08 bits per heavy atom. The van der Waals surface area contributed by atoms with Crippen molar-refractivity contribution >= 4 is 31.0 Å². The first-order valence-corrected chi connectivity index (χ1v) is 6.82. The molecule has 0 aromatic heterocycles. The van der Waals surface area contributed by atoms with Gasteiger partial charge in [0.05, 0.1) is 0 Å². The molecule has 0 aliphatic rings. The van der Waals surface area contributed by atoms with E-state index < -0.39 is 0 Å². The van der Waals surface area contributed by atoms with E-state index in [4.69, 9.17) is 11.6 Å². The van der Waals surface area contributed by atoms with Gasteiger partial charge in [0.2, 0.25) is 0 Å². The molecule has 1 aromatic rings. The van der Waals surface area contributed by atoms with Gasteiger partial charge in [-0.1, -0.05) is 0 Å². The minimum atomic E-state index is 0.564. The molecule has 13 heavy (non-hydrogen) atoms. The molecule has 0 spiro atoms. The zero-order chi connectivity index (χ0) is 9.52. The molecule has 0 nitrogen and oxygen atoms in total. The molecular formula is C11H13ClSe. The third kappa shape index (κ3) is 4.52. The van der Waals surface area contributed by atoms with Crippen LogP contribution >= 0.6 is 11.6 Å². The van der Waals surface area contributed by atoms with Crippen LogP contribution in [-0.2, 0) is 0 Å². The van der Waals surface area contributed by atoms with Gasteiger partial charge in [-0.25, -0.2) is 0 Å². The van der Waals surface area contributed by atoms with Crippen molar-refractivity contribution in [3.8, 4) is 0 Å². The molecule has 70 valence electrons. The molecule has 0 radical (unpaired) electrons. The Labute approximate surface area is 91.2 Å². The second-order valence-corrected chi connectivity index (χ2v) is 5.37. The first-order chi connectivity index (χ1) is 6.33. The van der Waals surface area contributed by atoms with Gasteiger partial charge < -0.3 is 0 Å². The summed E-state index contributed by atoms with van der Waals surface area (Å²) in [5.41, 5.74) is 1.28. The maximum absolute atomic E-state index is 5.67. The van der Waals surface area contributed by atoms with E-state index in [1.54, 1.807) is 0 Å². The minimum absolute atomic E-state index is 0.564. The van der Waals surface area contributed by atoms with Crippen molar-refractivity contribution in [2.24, 2.45) is 0 Å². The topological polar surface area (TPSA) is 0 Å². The monoisotopic (exact) mass is 260 g/mol. The van der Waals surface area contributed by atoms with Gasteiger partial charge in [-0.2, -0.15) is 0 Å². The van der Waals surface area contributed by atoms with Gasteiger partial charge in [-0.15, -0.1) is 0 Å². The number of benzene rings is 1. The summed E-state index contributed by atoms with van der Waals surface area (Å²) in [7, 11) is 0. The van der Waals surface area contributed by atoms with Crippen molar-refractivity contribution in [2.75, 3.05) is 5.88 Å². The molecule has 0 fully saturated rings. The van der Waals surface area contributed by atoms with Gasteiger partial charge in [0.15, 0.2) is 0 Å². The SMILES string of the molecule is C/C(=C\C[Se]c1ccccc1)CCl. The van der Waals surface area contributed by atoms with Crippen LogP contribution in [0.25, 0.3) is 0 Å². The molecule has 0 atom stereocenters. The summed E-state index contributed by atoms with van der Waals surface area (Å²) in [6.45, 7) is 2.08. The summed E-state index contributed by atoms with van der Waals surface area (Å²) in [4.78, 5) is 0. The number of hydrogen-bond donors (Lipinski definition) is 0. The Bertz CT molecular complexity index is 267. The quantitative estimate of drug-likeness (QED) is 0.443. The average molecular weight is 260 g/mol. The van der Waals surface area contributed by atoms with Crippen LogP contribution in [0.15, 0.2) is 42.0 Å². The van der Waals surface area contributed by atoms with E-state index in [0.717, 1.165) is 5.32 Å². The Hall–Kier alpha value is -0.231. The van der Waals surface area contributed by atoms with Crippen molar-refractivity contribution in [2.45, 2.75) is 12.2 Å². The van der Waals surface area contributed by atoms with Crippen molar-refractivity contribution in [3.05, 3.63) is 42.0 Å². The number of rotatable bonds is 4. The standard InChI is InChI=1S/C11H13ClSe/c1-10(9-12)7-8-13-11-5-3-2-4-6-11/h2-7H,8-9H2,1H3/b10-7+. The predicted molar refractivity (Wildman–Crippen MR) is 61.1 cm³/mol. The van der Waals surface area contributed by atoms with Gasteiger partial charge in [0.1, 0.15) is 0 Å². The van der Waals surface area contributed by atoms with Crippen LogP contribution < -0.4 is 4.46 Å². The fourth-order valence-electron chi connectivity index (χ4n) is 0.851. The summed E-state index contributed by atoms with van der Waals surface area (Å²) in [5.74, 6) is 0.658. The van der Waals surface area contributed by atoms with Gasteiger partial charge in [0, 0.05) is 0 Å². The van der Waals surface area contributed by atoms with E-state index in [0.29, 0.717) is 20.8 Å². The maximum atomic E-state index is 5.67. The van der Waals surface area contributed by atoms with E-state index in [9.17, 15) is 0 Å². The Balaban J connectivity index is 2.36. The second kappa shape index (κ2) is 6.26. The van der Waals surface area contributed by atoms with Crippen LogP contribution in [0.4, 0.5) is 0 Å². The fraction of sp³-hybridized carbons (Fsp3) is 0.273. The molecule has 0 N–H and O–H groups in total. The summed E-state index contributed by atoms with van der Waals surface area (Å²) >= 11 is 6.24. The van der Waals surface area contributed by atoms with E-state index in [-0.39, 0.29) is 0 Å². The number of alkyl halides is 1. The normalized spacial score (nSPS) is 11.7. The second-order valence-electron chi connectivity index (χ2n) is 2.81. The van der Waals surface area contributed by atoms with E-state index in [2.05, 4.69) is 43.3 Å². The van der Waals surface area contributed by atoms with Gasteiger partial charge in [0.25, 0.3) is 0 Å². The summed E-state index contributed by atoms with van der Waals surface area (Å²) in [6, 6.07) is 10.6. The van der Waals surface area contributed by atoms with E-state index in [1.807, 2.05) is 0 Å². The average Bonchev–Trinajstić information content (AvgIpc) is 2.19. The summed E-state index contributed by atoms with van der Waals surface area (Å²) in [5, 5.41) is 1.15. The molecule has 2 heteroatoms. The Morgan fingerprint density at radius 1 is 1.38 bits per heavy atom. The van der Waals surface area contributed by atoms with Crippen LogP contribution in [0.5, 0.6) is 0 Å². The summed E-state index contributed by atoms with van der Waals surface area (Å²) < 4.78 is 1.45. The molecule has 0 unspecified atom stereocenters. The first kappa shape index (κ1) is 10.8. The fourth-order valence-corrected chi connectivity index (χ4v) is 2.87. The molecule has 0 saturated heterocycles. The van der Waals surface area contributed by atoms with Crippen LogP contribution in [0.2, 0.25) is 5.32 Å². The predicted octanol–water partition coefficient (Wildman–Crippen LogP) is 2.62. The molecule has 0 amide bonds. The molecule has 1 aromatic carbocycles. The van der Waals surface area contributed by atoms with E-state index in [1.165, 1.54) is 10.0 Å². The third-order valence-electron chi connectivity index (χ3n) is 1.64. The molecule has 0 saturated carbocycles. The third-order valence-corrected chi connectivity index (χ3v) is 4.03. The zero-order valence-corrected chi connectivity index (χ0v) is 10.1. The van der Waals surface area contributed by atoms with Crippen molar-refractivity contribution in [1.29, 1.82) is 0 Å². The van der Waals surface area contributed by atoms with Gasteiger partial charge >= 0.3 is 91.1 Å². The van der Waals surface area contributed by atoms with Gasteiger partial charge in [-0.05, 0) is 0 Å². The molecule has 0 aliphatic carbocycles. The Kier molecular flexibility index (Phi) is 5.22. The van der Waals surface area contributed by atoms with Crippen molar-refractivity contribution in [1.82, 2.24) is 0 Å². The van der Waals surface area contributed by atoms with Crippen LogP contribution in [0, 0.1) is 0 Å². The van der Waals surface area contributed by atoms with Crippen LogP contribution in [0.1, 0.15) is 6.92 Å². The van der Waals surface area contributed by atoms with Crippen molar-refractivity contribution < 1.29 is 0 Å². The zero-order valence-electron chi connectivity index (χ0n) is 7.66. The van der Waals surface area contributed by atoms with Crippen LogP contribution in [-0.4, -0.2) is 20.8 Å². The molecular weight excluding hydrogens is 247 g/mol. The molecule has 0 bridgehead atoms. The summed E-state index contributed by atoms with van der Waals surface area (Å²) in [6.07, 6.45) is 2.24. The molecule has 1 rings (SSSR count). The first-order valence-electron chi connectivity index (χ1n) is 4.22. The number of allylic oxidation sites excluding steroid dienone is 2. The van der Waals surface area contributed by atoms with Crippen molar-refractivity contribution in [3.63, 3.8) is 0 Å². The Morgan fingerprint density at radius 3 is 2.69 bits per heavy atom. The van der Waals surface area contributed by atoms with Gasteiger partial charge in [-0.3, -0.25) is 0 Å². The van der Waals surface area contributed by atoms with Crippen LogP contribution in [0.3, 0.4) is 0 Å². The molecule has 0 heterocycles. The van der Waals surface area contributed by atoms with E-state index >= 15 is 0 Å². The number of hydrogen-bond acceptors (Lipinski definition) is 0. The number of halogens is 1.